The number of aliphatic carboxylic acids is 1. The molecule has 1 N–H and O–H groups in total. The average molecular weight is 184 g/mol. The highest BCUT2D eigenvalue weighted by Gasteiger charge is 2.38. The van der Waals surface area contributed by atoms with Crippen LogP contribution in [0.3, 0.4) is 0 Å². The molecule has 0 aliphatic rings. The van der Waals surface area contributed by atoms with E-state index in [1.807, 2.05) is 0 Å². The number of halogens is 3. The average Bonchev–Trinajstić information content (AvgIpc) is 2.39. The molecule has 0 bridgehead atoms. The molecule has 0 fully saturated rings. The van der Waals surface area contributed by atoms with Crippen LogP contribution in [0.25, 0.3) is 0 Å². The Bertz CT molecular complexity index is 203. The fraction of sp³-hybridized carbons (Fsp3) is 0.250. The fourth-order valence-corrected chi connectivity index (χ4v) is 0.136. The number of nitrogens with zero attached hydrogens (tertiary/aromatic N) is 2. The zero-order valence-corrected chi connectivity index (χ0v) is 5.45. The molecule has 1 rings (SSSR count). The molecule has 0 saturated heterocycles. The molecule has 0 aliphatic carbocycles. The highest BCUT2D eigenvalue weighted by Crippen LogP contribution is 2.13. The van der Waals surface area contributed by atoms with E-state index in [0.717, 1.165) is 0 Å². The minimum absolute atomic E-state index is 1.40. The van der Waals surface area contributed by atoms with Crippen LogP contribution in [0.15, 0.2) is 17.0 Å². The molecule has 0 amide bonds. The SMILES string of the molecule is O=C(O)C(F)(F)F.c1conn1. The van der Waals surface area contributed by atoms with E-state index >= 15 is 0 Å². The van der Waals surface area contributed by atoms with Gasteiger partial charge < -0.3 is 9.63 Å². The minimum Gasteiger partial charge on any atom is -0.475 e. The van der Waals surface area contributed by atoms with Crippen LogP contribution < -0.4 is 0 Å². The standard InChI is InChI=1S/C2HF3O2.C2H2N2O/c3-2(4,5)1(6)7;1-2-5-4-3-1/h(H,6,7);1-2H. The van der Waals surface area contributed by atoms with Gasteiger partial charge in [0.15, 0.2) is 0 Å². The highest BCUT2D eigenvalue weighted by atomic mass is 19.4. The predicted octanol–water partition coefficient (Wildman–Crippen LogP) is 0.703. The van der Waals surface area contributed by atoms with Crippen molar-refractivity contribution in [3.8, 4) is 0 Å². The maximum absolute atomic E-state index is 10.6. The van der Waals surface area contributed by atoms with Crippen LogP contribution in [0.2, 0.25) is 0 Å². The minimum atomic E-state index is -5.08. The molecule has 0 atom stereocenters. The van der Waals surface area contributed by atoms with E-state index in [1.165, 1.54) is 12.5 Å². The summed E-state index contributed by atoms with van der Waals surface area (Å²) in [7, 11) is 0. The van der Waals surface area contributed by atoms with Crippen LogP contribution in [-0.2, 0) is 4.79 Å². The van der Waals surface area contributed by atoms with Crippen molar-refractivity contribution in [2.45, 2.75) is 6.18 Å². The van der Waals surface area contributed by atoms with Gasteiger partial charge >= 0.3 is 12.1 Å². The van der Waals surface area contributed by atoms with Gasteiger partial charge in [-0.05, 0) is 0 Å². The first-order valence-corrected chi connectivity index (χ1v) is 2.45. The Morgan fingerprint density at radius 2 is 2.00 bits per heavy atom. The molecule has 0 aliphatic heterocycles. The highest BCUT2D eigenvalue weighted by molar-refractivity contribution is 5.73. The molecular formula is C4H3F3N2O3. The van der Waals surface area contributed by atoms with E-state index in [9.17, 15) is 13.2 Å². The Morgan fingerprint density at radius 3 is 2.08 bits per heavy atom. The van der Waals surface area contributed by atoms with Crippen LogP contribution in [0, 0.1) is 0 Å². The first-order valence-electron chi connectivity index (χ1n) is 2.45. The third-order valence-corrected chi connectivity index (χ3v) is 0.525. The van der Waals surface area contributed by atoms with Crippen LogP contribution in [0.5, 0.6) is 0 Å². The molecule has 12 heavy (non-hydrogen) atoms. The van der Waals surface area contributed by atoms with Crippen molar-refractivity contribution in [2.75, 3.05) is 0 Å². The van der Waals surface area contributed by atoms with Crippen LogP contribution in [-0.4, -0.2) is 27.6 Å². The van der Waals surface area contributed by atoms with Gasteiger partial charge in [-0.15, -0.1) is 5.10 Å². The third kappa shape index (κ3) is 5.21. The molecule has 5 nitrogen and oxygen atoms in total. The lowest BCUT2D eigenvalue weighted by Crippen LogP contribution is -2.21. The molecule has 8 heteroatoms. The third-order valence-electron chi connectivity index (χ3n) is 0.525. The van der Waals surface area contributed by atoms with Crippen LogP contribution >= 0.6 is 0 Å². The van der Waals surface area contributed by atoms with Crippen molar-refractivity contribution in [2.24, 2.45) is 0 Å². The number of aromatic nitrogens is 2. The van der Waals surface area contributed by atoms with E-state index in [0.29, 0.717) is 0 Å². The summed E-state index contributed by atoms with van der Waals surface area (Å²) >= 11 is 0. The number of carbonyl (C=O) groups is 1. The maximum atomic E-state index is 10.6. The Morgan fingerprint density at radius 1 is 1.50 bits per heavy atom. The molecule has 1 aromatic heterocycles. The monoisotopic (exact) mass is 184 g/mol. The van der Waals surface area contributed by atoms with Crippen molar-refractivity contribution < 1.29 is 27.6 Å². The molecule has 0 saturated carbocycles. The van der Waals surface area contributed by atoms with Crippen molar-refractivity contribution in [1.29, 1.82) is 0 Å². The smallest absolute Gasteiger partial charge is 0.475 e. The number of alkyl halides is 3. The first-order chi connectivity index (χ1) is 5.44. The summed E-state index contributed by atoms with van der Waals surface area (Å²) in [6.07, 6.45) is -2.21. The molecule has 0 radical (unpaired) electrons. The van der Waals surface area contributed by atoms with Gasteiger partial charge in [-0.1, -0.05) is 0 Å². The zero-order chi connectivity index (χ0) is 9.61. The lowest BCUT2D eigenvalue weighted by molar-refractivity contribution is -0.192. The second-order valence-electron chi connectivity index (χ2n) is 1.39. The van der Waals surface area contributed by atoms with E-state index in [2.05, 4.69) is 14.9 Å². The van der Waals surface area contributed by atoms with Crippen molar-refractivity contribution in [1.82, 2.24) is 10.4 Å². The van der Waals surface area contributed by atoms with Crippen molar-refractivity contribution >= 4 is 5.97 Å². The number of hydrogen-bond acceptors (Lipinski definition) is 4. The summed E-state index contributed by atoms with van der Waals surface area (Å²) < 4.78 is 36.0. The lowest BCUT2D eigenvalue weighted by Gasteiger charge is -1.93. The molecule has 0 spiro atoms. The van der Waals surface area contributed by atoms with Gasteiger partial charge in [0, 0.05) is 5.27 Å². The Kier molecular flexibility index (Phi) is 3.74. The van der Waals surface area contributed by atoms with E-state index in [4.69, 9.17) is 9.90 Å². The Labute approximate surface area is 63.8 Å². The number of carboxylic acid groups (broad SMARTS) is 1. The Balaban J connectivity index is 0.000000211. The van der Waals surface area contributed by atoms with E-state index in [1.54, 1.807) is 0 Å². The number of rotatable bonds is 0. The topological polar surface area (TPSA) is 76.2 Å². The zero-order valence-electron chi connectivity index (χ0n) is 5.45. The second-order valence-corrected chi connectivity index (χ2v) is 1.39. The van der Waals surface area contributed by atoms with Gasteiger partial charge in [0.05, 0.1) is 6.20 Å². The van der Waals surface area contributed by atoms with E-state index < -0.39 is 12.1 Å². The van der Waals surface area contributed by atoms with Crippen LogP contribution in [0.4, 0.5) is 13.2 Å². The Hall–Kier alpha value is -1.60. The van der Waals surface area contributed by atoms with Crippen LogP contribution in [0.1, 0.15) is 0 Å². The molecule has 0 aromatic carbocycles. The van der Waals surface area contributed by atoms with E-state index in [-0.39, 0.29) is 0 Å². The fourth-order valence-electron chi connectivity index (χ4n) is 0.136. The van der Waals surface area contributed by atoms with Gasteiger partial charge in [-0.25, -0.2) is 4.79 Å². The molecular weight excluding hydrogens is 181 g/mol. The maximum Gasteiger partial charge on any atom is 0.490 e. The van der Waals surface area contributed by atoms with Crippen molar-refractivity contribution in [3.63, 3.8) is 0 Å². The summed E-state index contributed by atoms with van der Waals surface area (Å²) in [5, 5.41) is 13.5. The van der Waals surface area contributed by atoms with Gasteiger partial charge in [-0.2, -0.15) is 13.2 Å². The predicted molar refractivity (Wildman–Crippen MR) is 28.0 cm³/mol. The van der Waals surface area contributed by atoms with Gasteiger partial charge in [0.1, 0.15) is 6.26 Å². The van der Waals surface area contributed by atoms with Crippen molar-refractivity contribution in [3.05, 3.63) is 12.5 Å². The second kappa shape index (κ2) is 4.31. The first kappa shape index (κ1) is 10.4. The largest absolute Gasteiger partial charge is 0.490 e. The summed E-state index contributed by atoms with van der Waals surface area (Å²) in [5.74, 6) is -2.76. The summed E-state index contributed by atoms with van der Waals surface area (Å²) in [4.78, 5) is 8.90. The summed E-state index contributed by atoms with van der Waals surface area (Å²) in [6, 6.07) is 0. The summed E-state index contributed by atoms with van der Waals surface area (Å²) in [5.41, 5.74) is 0. The van der Waals surface area contributed by atoms with Gasteiger partial charge in [-0.3, -0.25) is 0 Å². The molecule has 1 aromatic rings. The van der Waals surface area contributed by atoms with Gasteiger partial charge in [0.25, 0.3) is 0 Å². The molecule has 0 unspecified atom stereocenters. The summed E-state index contributed by atoms with van der Waals surface area (Å²) in [6.45, 7) is 0. The normalized spacial score (nSPS) is 9.92. The molecule has 68 valence electrons. The number of carboxylic acids is 1. The quantitative estimate of drug-likeness (QED) is 0.642. The molecule has 1 heterocycles. The van der Waals surface area contributed by atoms with Gasteiger partial charge in [0.2, 0.25) is 0 Å². The number of hydrogen-bond donors (Lipinski definition) is 1. The lowest BCUT2D eigenvalue weighted by atomic mass is 10.7.